The number of rotatable bonds is 7. The molecule has 0 radical (unpaired) electrons. The maximum absolute atomic E-state index is 4.50. The van der Waals surface area contributed by atoms with E-state index in [0.717, 1.165) is 25.3 Å². The van der Waals surface area contributed by atoms with Gasteiger partial charge in [-0.3, -0.25) is 0 Å². The van der Waals surface area contributed by atoms with Gasteiger partial charge < -0.3 is 14.8 Å². The van der Waals surface area contributed by atoms with Crippen LogP contribution in [0.1, 0.15) is 31.3 Å². The van der Waals surface area contributed by atoms with Crippen LogP contribution in [0.4, 0.5) is 5.69 Å². The predicted octanol–water partition coefficient (Wildman–Crippen LogP) is 2.86. The molecule has 4 nitrogen and oxygen atoms in total. The van der Waals surface area contributed by atoms with Crippen molar-refractivity contribution in [3.05, 3.63) is 48.0 Å². The van der Waals surface area contributed by atoms with E-state index in [4.69, 9.17) is 0 Å². The lowest BCUT2D eigenvalue weighted by Gasteiger charge is -2.21. The van der Waals surface area contributed by atoms with E-state index in [9.17, 15) is 0 Å². The fourth-order valence-electron chi connectivity index (χ4n) is 2.57. The zero-order valence-corrected chi connectivity index (χ0v) is 13.5. The van der Waals surface area contributed by atoms with Gasteiger partial charge in [0, 0.05) is 51.2 Å². The van der Waals surface area contributed by atoms with Crippen LogP contribution in [0.15, 0.2) is 36.7 Å². The second-order valence-electron chi connectivity index (χ2n) is 5.43. The Balaban J connectivity index is 2.24. The van der Waals surface area contributed by atoms with Gasteiger partial charge in [-0.1, -0.05) is 19.1 Å². The molecule has 114 valence electrons. The molecule has 2 aromatic rings. The summed E-state index contributed by atoms with van der Waals surface area (Å²) >= 11 is 0. The molecule has 1 aromatic heterocycles. The molecule has 1 atom stereocenters. The van der Waals surface area contributed by atoms with Crippen molar-refractivity contribution >= 4 is 5.69 Å². The molecule has 0 saturated carbocycles. The van der Waals surface area contributed by atoms with Crippen LogP contribution in [0.2, 0.25) is 0 Å². The Kier molecular flexibility index (Phi) is 5.39. The van der Waals surface area contributed by atoms with Crippen LogP contribution in [0.3, 0.4) is 0 Å². The molecule has 1 N–H and O–H groups in total. The van der Waals surface area contributed by atoms with Gasteiger partial charge in [-0.15, -0.1) is 0 Å². The van der Waals surface area contributed by atoms with Crippen molar-refractivity contribution in [2.45, 2.75) is 32.9 Å². The highest BCUT2D eigenvalue weighted by Gasteiger charge is 2.15. The Labute approximate surface area is 127 Å². The fraction of sp³-hybridized carbons (Fsp3) is 0.471. The molecule has 0 saturated heterocycles. The van der Waals surface area contributed by atoms with Crippen molar-refractivity contribution in [1.82, 2.24) is 14.9 Å². The first-order valence-corrected chi connectivity index (χ1v) is 7.66. The zero-order chi connectivity index (χ0) is 15.2. The summed E-state index contributed by atoms with van der Waals surface area (Å²) in [6.45, 7) is 6.21. The summed E-state index contributed by atoms with van der Waals surface area (Å²) in [5.41, 5.74) is 2.54. The van der Waals surface area contributed by atoms with Crippen LogP contribution >= 0.6 is 0 Å². The number of likely N-dealkylation sites (N-methyl/N-ethyl adjacent to an activating group) is 1. The number of aromatic nitrogens is 2. The summed E-state index contributed by atoms with van der Waals surface area (Å²) < 4.78 is 2.21. The molecule has 21 heavy (non-hydrogen) atoms. The molecule has 0 spiro atoms. The van der Waals surface area contributed by atoms with Gasteiger partial charge in [-0.05, 0) is 31.2 Å². The van der Waals surface area contributed by atoms with Gasteiger partial charge in [-0.25, -0.2) is 4.98 Å². The van der Waals surface area contributed by atoms with Crippen LogP contribution in [0.25, 0.3) is 0 Å². The smallest absolute Gasteiger partial charge is 0.110 e. The van der Waals surface area contributed by atoms with Crippen LogP contribution in [-0.2, 0) is 13.0 Å². The van der Waals surface area contributed by atoms with Crippen molar-refractivity contribution in [3.8, 4) is 0 Å². The molecule has 0 bridgehead atoms. The Hall–Kier alpha value is -1.81. The predicted molar refractivity (Wildman–Crippen MR) is 88.8 cm³/mol. The topological polar surface area (TPSA) is 33.1 Å². The van der Waals surface area contributed by atoms with E-state index in [1.54, 1.807) is 0 Å². The van der Waals surface area contributed by atoms with E-state index in [2.05, 4.69) is 78.2 Å². The number of hydrogen-bond acceptors (Lipinski definition) is 3. The van der Waals surface area contributed by atoms with E-state index in [0.29, 0.717) is 6.04 Å². The Morgan fingerprint density at radius 1 is 1.29 bits per heavy atom. The Bertz CT molecular complexity index is 559. The van der Waals surface area contributed by atoms with E-state index in [1.807, 2.05) is 6.20 Å². The SMILES string of the molecule is CCNC(Cc1nccn1CC)c1cccc(N(C)C)c1. The zero-order valence-electron chi connectivity index (χ0n) is 13.5. The number of anilines is 1. The van der Waals surface area contributed by atoms with Gasteiger partial charge in [0.2, 0.25) is 0 Å². The second-order valence-corrected chi connectivity index (χ2v) is 5.43. The molecule has 1 heterocycles. The first kappa shape index (κ1) is 15.6. The van der Waals surface area contributed by atoms with Crippen LogP contribution in [0.5, 0.6) is 0 Å². The van der Waals surface area contributed by atoms with Crippen molar-refractivity contribution < 1.29 is 0 Å². The minimum atomic E-state index is 0.294. The molecule has 4 heteroatoms. The third-order valence-electron chi connectivity index (χ3n) is 3.77. The number of nitrogens with one attached hydrogen (secondary N) is 1. The maximum atomic E-state index is 4.50. The van der Waals surface area contributed by atoms with Gasteiger partial charge in [-0.2, -0.15) is 0 Å². The molecule has 0 aliphatic carbocycles. The highest BCUT2D eigenvalue weighted by atomic mass is 15.1. The largest absolute Gasteiger partial charge is 0.378 e. The fourth-order valence-corrected chi connectivity index (χ4v) is 2.57. The van der Waals surface area contributed by atoms with Crippen molar-refractivity contribution in [3.63, 3.8) is 0 Å². The van der Waals surface area contributed by atoms with Crippen LogP contribution in [0, 0.1) is 0 Å². The molecule has 1 aromatic carbocycles. The third kappa shape index (κ3) is 3.85. The van der Waals surface area contributed by atoms with Gasteiger partial charge in [0.15, 0.2) is 0 Å². The minimum absolute atomic E-state index is 0.294. The van der Waals surface area contributed by atoms with E-state index >= 15 is 0 Å². The van der Waals surface area contributed by atoms with E-state index in [1.165, 1.54) is 11.3 Å². The van der Waals surface area contributed by atoms with Crippen LogP contribution < -0.4 is 10.2 Å². The number of imidazole rings is 1. The Morgan fingerprint density at radius 3 is 2.76 bits per heavy atom. The summed E-state index contributed by atoms with van der Waals surface area (Å²) in [5, 5.41) is 3.58. The monoisotopic (exact) mass is 286 g/mol. The van der Waals surface area contributed by atoms with Gasteiger partial charge >= 0.3 is 0 Å². The minimum Gasteiger partial charge on any atom is -0.378 e. The number of benzene rings is 1. The summed E-state index contributed by atoms with van der Waals surface area (Å²) in [6, 6.07) is 9.01. The summed E-state index contributed by atoms with van der Waals surface area (Å²) in [7, 11) is 4.15. The lowest BCUT2D eigenvalue weighted by molar-refractivity contribution is 0.522. The highest BCUT2D eigenvalue weighted by molar-refractivity contribution is 5.48. The van der Waals surface area contributed by atoms with Crippen molar-refractivity contribution in [2.75, 3.05) is 25.5 Å². The number of aryl methyl sites for hydroxylation is 1. The van der Waals surface area contributed by atoms with Gasteiger partial charge in [0.25, 0.3) is 0 Å². The first-order chi connectivity index (χ1) is 10.2. The number of nitrogens with zero attached hydrogens (tertiary/aromatic N) is 3. The van der Waals surface area contributed by atoms with E-state index in [-0.39, 0.29) is 0 Å². The molecule has 2 rings (SSSR count). The lowest BCUT2D eigenvalue weighted by Crippen LogP contribution is -2.24. The molecule has 0 fully saturated rings. The molecular weight excluding hydrogens is 260 g/mol. The molecular formula is C17H26N4. The summed E-state index contributed by atoms with van der Waals surface area (Å²) in [4.78, 5) is 6.64. The Morgan fingerprint density at radius 2 is 2.10 bits per heavy atom. The highest BCUT2D eigenvalue weighted by Crippen LogP contribution is 2.22. The normalized spacial score (nSPS) is 12.4. The summed E-state index contributed by atoms with van der Waals surface area (Å²) in [5.74, 6) is 1.14. The maximum Gasteiger partial charge on any atom is 0.110 e. The average Bonchev–Trinajstić information content (AvgIpc) is 2.94. The molecule has 1 unspecified atom stereocenters. The molecule has 0 amide bonds. The van der Waals surface area contributed by atoms with Crippen LogP contribution in [-0.4, -0.2) is 30.2 Å². The third-order valence-corrected chi connectivity index (χ3v) is 3.77. The van der Waals surface area contributed by atoms with E-state index < -0.39 is 0 Å². The lowest BCUT2D eigenvalue weighted by atomic mass is 10.0. The first-order valence-electron chi connectivity index (χ1n) is 7.66. The standard InChI is InChI=1S/C17H26N4/c1-5-18-16(13-17-19-10-11-21(17)6-2)14-8-7-9-15(12-14)20(3)4/h7-12,16,18H,5-6,13H2,1-4H3. The summed E-state index contributed by atoms with van der Waals surface area (Å²) in [6.07, 6.45) is 4.85. The van der Waals surface area contributed by atoms with Gasteiger partial charge in [0.05, 0.1) is 0 Å². The molecule has 0 aliphatic heterocycles. The molecule has 0 aliphatic rings. The number of hydrogen-bond donors (Lipinski definition) is 1. The van der Waals surface area contributed by atoms with Crippen molar-refractivity contribution in [1.29, 1.82) is 0 Å². The van der Waals surface area contributed by atoms with Gasteiger partial charge in [0.1, 0.15) is 5.82 Å². The average molecular weight is 286 g/mol. The van der Waals surface area contributed by atoms with Crippen molar-refractivity contribution in [2.24, 2.45) is 0 Å². The second kappa shape index (κ2) is 7.27. The quantitative estimate of drug-likeness (QED) is 0.849.